The van der Waals surface area contributed by atoms with Crippen LogP contribution in [0, 0.1) is 5.92 Å². The highest BCUT2D eigenvalue weighted by Gasteiger charge is 2.27. The minimum Gasteiger partial charge on any atom is -0.389 e. The molecule has 0 radical (unpaired) electrons. The van der Waals surface area contributed by atoms with Crippen LogP contribution in [0.15, 0.2) is 10.9 Å². The van der Waals surface area contributed by atoms with E-state index in [4.69, 9.17) is 0 Å². The molecule has 1 rings (SSSR count). The van der Waals surface area contributed by atoms with Crippen LogP contribution in [0.5, 0.6) is 0 Å². The van der Waals surface area contributed by atoms with Gasteiger partial charge in [-0.1, -0.05) is 20.3 Å². The zero-order chi connectivity index (χ0) is 12.2. The third-order valence-corrected chi connectivity index (χ3v) is 3.94. The number of thiazole rings is 1. The van der Waals surface area contributed by atoms with Gasteiger partial charge >= 0.3 is 0 Å². The topological polar surface area (TPSA) is 45.1 Å². The van der Waals surface area contributed by atoms with Gasteiger partial charge in [0, 0.05) is 18.0 Å². The summed E-state index contributed by atoms with van der Waals surface area (Å²) < 4.78 is 0. The Morgan fingerprint density at radius 2 is 2.25 bits per heavy atom. The standard InChI is InChI=1S/C12H22N2OS/c1-5-9(2)12(4,15)7-13-10(3)11-6-16-8-14-11/h6,8-10,13,15H,5,7H2,1-4H3. The molecule has 3 unspecified atom stereocenters. The van der Waals surface area contributed by atoms with Crippen LogP contribution in [0.4, 0.5) is 0 Å². The summed E-state index contributed by atoms with van der Waals surface area (Å²) in [6, 6.07) is 0.196. The average molecular weight is 242 g/mol. The molecule has 0 fully saturated rings. The van der Waals surface area contributed by atoms with E-state index in [1.54, 1.807) is 11.3 Å². The molecule has 2 N–H and O–H groups in total. The maximum absolute atomic E-state index is 10.2. The van der Waals surface area contributed by atoms with Gasteiger partial charge in [0.2, 0.25) is 0 Å². The minimum atomic E-state index is -0.654. The van der Waals surface area contributed by atoms with Crippen LogP contribution in [-0.2, 0) is 0 Å². The predicted octanol–water partition coefficient (Wildman–Crippen LogP) is 2.59. The second-order valence-corrected chi connectivity index (χ2v) is 5.40. The van der Waals surface area contributed by atoms with E-state index in [0.29, 0.717) is 12.5 Å². The molecule has 1 heterocycles. The Morgan fingerprint density at radius 1 is 1.56 bits per heavy atom. The van der Waals surface area contributed by atoms with Crippen molar-refractivity contribution < 1.29 is 5.11 Å². The van der Waals surface area contributed by atoms with E-state index < -0.39 is 5.60 Å². The molecule has 3 nitrogen and oxygen atoms in total. The summed E-state index contributed by atoms with van der Waals surface area (Å²) in [5.41, 5.74) is 2.23. The summed E-state index contributed by atoms with van der Waals surface area (Å²) >= 11 is 1.60. The van der Waals surface area contributed by atoms with E-state index in [2.05, 4.69) is 31.1 Å². The Labute approximate surface area is 102 Å². The first kappa shape index (κ1) is 13.6. The Hall–Kier alpha value is -0.450. The van der Waals surface area contributed by atoms with Gasteiger partial charge in [0.25, 0.3) is 0 Å². The molecule has 92 valence electrons. The van der Waals surface area contributed by atoms with Crippen LogP contribution < -0.4 is 5.32 Å². The lowest BCUT2D eigenvalue weighted by molar-refractivity contribution is 0.00357. The van der Waals surface area contributed by atoms with Crippen LogP contribution in [-0.4, -0.2) is 22.2 Å². The van der Waals surface area contributed by atoms with Crippen LogP contribution in [0.25, 0.3) is 0 Å². The number of hydrogen-bond acceptors (Lipinski definition) is 4. The van der Waals surface area contributed by atoms with Crippen LogP contribution >= 0.6 is 11.3 Å². The molecular formula is C12H22N2OS. The quantitative estimate of drug-likeness (QED) is 0.806. The van der Waals surface area contributed by atoms with Crippen molar-refractivity contribution >= 4 is 11.3 Å². The second-order valence-electron chi connectivity index (χ2n) is 4.68. The van der Waals surface area contributed by atoms with E-state index in [1.165, 1.54) is 0 Å². The smallest absolute Gasteiger partial charge is 0.0795 e. The van der Waals surface area contributed by atoms with E-state index in [0.717, 1.165) is 12.1 Å². The summed E-state index contributed by atoms with van der Waals surface area (Å²) in [7, 11) is 0. The van der Waals surface area contributed by atoms with Crippen molar-refractivity contribution in [3.05, 3.63) is 16.6 Å². The maximum atomic E-state index is 10.2. The molecule has 16 heavy (non-hydrogen) atoms. The van der Waals surface area contributed by atoms with Crippen molar-refractivity contribution in [2.45, 2.75) is 45.8 Å². The van der Waals surface area contributed by atoms with Gasteiger partial charge < -0.3 is 10.4 Å². The fourth-order valence-corrected chi connectivity index (χ4v) is 2.16. The molecule has 0 saturated heterocycles. The Balaban J connectivity index is 2.45. The first-order valence-corrected chi connectivity index (χ1v) is 6.75. The Bertz CT molecular complexity index is 298. The lowest BCUT2D eigenvalue weighted by Gasteiger charge is -2.31. The summed E-state index contributed by atoms with van der Waals surface area (Å²) in [6.07, 6.45) is 0.986. The zero-order valence-electron chi connectivity index (χ0n) is 10.5. The fraction of sp³-hybridized carbons (Fsp3) is 0.750. The van der Waals surface area contributed by atoms with Gasteiger partial charge in [-0.2, -0.15) is 0 Å². The Morgan fingerprint density at radius 3 is 2.75 bits per heavy atom. The van der Waals surface area contributed by atoms with Crippen molar-refractivity contribution in [2.24, 2.45) is 5.92 Å². The molecule has 0 bridgehead atoms. The predicted molar refractivity (Wildman–Crippen MR) is 68.6 cm³/mol. The molecule has 0 aliphatic heterocycles. The van der Waals surface area contributed by atoms with Gasteiger partial charge in [0.15, 0.2) is 0 Å². The molecule has 4 heteroatoms. The van der Waals surface area contributed by atoms with Crippen LogP contribution in [0.2, 0.25) is 0 Å². The highest BCUT2D eigenvalue weighted by atomic mass is 32.1. The highest BCUT2D eigenvalue weighted by Crippen LogP contribution is 2.20. The summed E-state index contributed by atoms with van der Waals surface area (Å²) in [5.74, 6) is 0.294. The number of nitrogens with one attached hydrogen (secondary N) is 1. The lowest BCUT2D eigenvalue weighted by atomic mass is 9.88. The molecule has 0 aliphatic carbocycles. The SMILES string of the molecule is CCC(C)C(C)(O)CNC(C)c1cscn1. The molecular weight excluding hydrogens is 220 g/mol. The number of rotatable bonds is 6. The third kappa shape index (κ3) is 3.54. The molecule has 0 aliphatic rings. The first-order chi connectivity index (χ1) is 7.47. The molecule has 0 amide bonds. The van der Waals surface area contributed by atoms with Crippen molar-refractivity contribution in [1.82, 2.24) is 10.3 Å². The largest absolute Gasteiger partial charge is 0.389 e. The van der Waals surface area contributed by atoms with Crippen molar-refractivity contribution in [3.8, 4) is 0 Å². The zero-order valence-corrected chi connectivity index (χ0v) is 11.3. The van der Waals surface area contributed by atoms with Gasteiger partial charge in [0.05, 0.1) is 16.8 Å². The van der Waals surface area contributed by atoms with E-state index >= 15 is 0 Å². The van der Waals surface area contributed by atoms with Crippen molar-refractivity contribution in [3.63, 3.8) is 0 Å². The molecule has 1 aromatic heterocycles. The van der Waals surface area contributed by atoms with Gasteiger partial charge in [0.1, 0.15) is 0 Å². The van der Waals surface area contributed by atoms with E-state index in [1.807, 2.05) is 17.8 Å². The van der Waals surface area contributed by atoms with Gasteiger partial charge in [-0.3, -0.25) is 0 Å². The monoisotopic (exact) mass is 242 g/mol. The number of aliphatic hydroxyl groups is 1. The van der Waals surface area contributed by atoms with Gasteiger partial charge in [-0.05, 0) is 19.8 Å². The summed E-state index contributed by atoms with van der Waals surface area (Å²) in [6.45, 7) is 8.74. The molecule has 3 atom stereocenters. The minimum absolute atomic E-state index is 0.196. The number of hydrogen-bond donors (Lipinski definition) is 2. The fourth-order valence-electron chi connectivity index (χ4n) is 1.51. The molecule has 0 spiro atoms. The van der Waals surface area contributed by atoms with Crippen molar-refractivity contribution in [2.75, 3.05) is 6.54 Å². The highest BCUT2D eigenvalue weighted by molar-refractivity contribution is 7.07. The van der Waals surface area contributed by atoms with Crippen molar-refractivity contribution in [1.29, 1.82) is 0 Å². The Kier molecular flexibility index (Phi) is 4.89. The van der Waals surface area contributed by atoms with Gasteiger partial charge in [-0.25, -0.2) is 4.98 Å². The van der Waals surface area contributed by atoms with Gasteiger partial charge in [-0.15, -0.1) is 11.3 Å². The second kappa shape index (κ2) is 5.75. The summed E-state index contributed by atoms with van der Waals surface area (Å²) in [5, 5.41) is 15.6. The molecule has 0 aromatic carbocycles. The normalized spacial score (nSPS) is 19.1. The van der Waals surface area contributed by atoms with E-state index in [-0.39, 0.29) is 6.04 Å². The molecule has 0 saturated carbocycles. The third-order valence-electron chi connectivity index (χ3n) is 3.34. The molecule has 1 aromatic rings. The number of aromatic nitrogens is 1. The van der Waals surface area contributed by atoms with Crippen LogP contribution in [0.1, 0.15) is 45.9 Å². The first-order valence-electron chi connectivity index (χ1n) is 5.81. The summed E-state index contributed by atoms with van der Waals surface area (Å²) in [4.78, 5) is 4.26. The lowest BCUT2D eigenvalue weighted by Crippen LogP contribution is -2.43. The number of nitrogens with zero attached hydrogens (tertiary/aromatic N) is 1. The van der Waals surface area contributed by atoms with Crippen LogP contribution in [0.3, 0.4) is 0 Å². The maximum Gasteiger partial charge on any atom is 0.0795 e. The van der Waals surface area contributed by atoms with E-state index in [9.17, 15) is 5.11 Å². The average Bonchev–Trinajstić information content (AvgIpc) is 2.78.